The minimum atomic E-state index is 0.879. The van der Waals surface area contributed by atoms with Gasteiger partial charge in [-0.25, -0.2) is 0 Å². The lowest BCUT2D eigenvalue weighted by Crippen LogP contribution is -2.13. The molecule has 2 heterocycles. The standard InChI is InChI=1S/C42H27BrN2OS/c43-28-23-33(44(29-11-3-1-4-12-29)31-19-21-40-37(26-31)35-15-7-9-17-39(35)46-40)25-34(24-28)45(30-13-5-2-6-14-30)32-20-22-42-38(27-32)36-16-8-10-18-41(36)47-42/h1-27H. The van der Waals surface area contributed by atoms with Crippen molar-refractivity contribution in [2.75, 3.05) is 9.80 Å². The molecule has 0 N–H and O–H groups in total. The second-order valence-corrected chi connectivity index (χ2v) is 13.6. The predicted octanol–water partition coefficient (Wildman–Crippen LogP) is 13.7. The Kier molecular flexibility index (Phi) is 6.81. The van der Waals surface area contributed by atoms with Gasteiger partial charge in [-0.1, -0.05) is 88.7 Å². The lowest BCUT2D eigenvalue weighted by atomic mass is 10.1. The molecule has 9 aromatic rings. The Hall–Kier alpha value is -5.36. The Labute approximate surface area is 284 Å². The summed E-state index contributed by atoms with van der Waals surface area (Å²) in [5, 5.41) is 4.76. The van der Waals surface area contributed by atoms with Crippen LogP contribution < -0.4 is 9.80 Å². The fourth-order valence-corrected chi connectivity index (χ4v) is 8.13. The van der Waals surface area contributed by atoms with E-state index in [4.69, 9.17) is 4.42 Å². The summed E-state index contributed by atoms with van der Waals surface area (Å²) in [6.07, 6.45) is 0. The van der Waals surface area contributed by atoms with Gasteiger partial charge in [0.15, 0.2) is 0 Å². The Balaban J connectivity index is 1.24. The molecule has 9 rings (SSSR count). The zero-order valence-corrected chi connectivity index (χ0v) is 27.6. The largest absolute Gasteiger partial charge is 0.456 e. The van der Waals surface area contributed by atoms with E-state index in [-0.39, 0.29) is 0 Å². The molecule has 0 aliphatic rings. The van der Waals surface area contributed by atoms with Crippen molar-refractivity contribution in [2.45, 2.75) is 0 Å². The Morgan fingerprint density at radius 1 is 0.383 bits per heavy atom. The summed E-state index contributed by atoms with van der Waals surface area (Å²) in [4.78, 5) is 4.66. The number of hydrogen-bond donors (Lipinski definition) is 0. The monoisotopic (exact) mass is 686 g/mol. The summed E-state index contributed by atoms with van der Waals surface area (Å²) < 4.78 is 9.76. The summed E-state index contributed by atoms with van der Waals surface area (Å²) in [5.41, 5.74) is 8.18. The van der Waals surface area contributed by atoms with E-state index in [0.29, 0.717) is 0 Å². The molecule has 7 aromatic carbocycles. The molecule has 0 amide bonds. The molecule has 0 spiro atoms. The second-order valence-electron chi connectivity index (χ2n) is 11.6. The molecule has 0 saturated carbocycles. The smallest absolute Gasteiger partial charge is 0.135 e. The molecule has 0 radical (unpaired) electrons. The maximum atomic E-state index is 6.19. The average molecular weight is 688 g/mol. The second kappa shape index (κ2) is 11.5. The first-order valence-electron chi connectivity index (χ1n) is 15.5. The van der Waals surface area contributed by atoms with E-state index in [0.717, 1.165) is 60.5 Å². The summed E-state index contributed by atoms with van der Waals surface area (Å²) in [6, 6.07) is 58.0. The lowest BCUT2D eigenvalue weighted by Gasteiger charge is -2.30. The quantitative estimate of drug-likeness (QED) is 0.173. The highest BCUT2D eigenvalue weighted by atomic mass is 79.9. The third-order valence-electron chi connectivity index (χ3n) is 8.65. The number of hydrogen-bond acceptors (Lipinski definition) is 4. The van der Waals surface area contributed by atoms with Crippen LogP contribution in [0.3, 0.4) is 0 Å². The number of rotatable bonds is 6. The number of halogens is 1. The van der Waals surface area contributed by atoms with Crippen molar-refractivity contribution in [3.8, 4) is 0 Å². The van der Waals surface area contributed by atoms with Gasteiger partial charge >= 0.3 is 0 Å². The normalized spacial score (nSPS) is 11.5. The molecular weight excluding hydrogens is 660 g/mol. The first kappa shape index (κ1) is 27.9. The van der Waals surface area contributed by atoms with Crippen LogP contribution >= 0.6 is 27.3 Å². The Morgan fingerprint density at radius 2 is 0.915 bits per heavy atom. The topological polar surface area (TPSA) is 19.6 Å². The zero-order valence-electron chi connectivity index (χ0n) is 25.2. The molecule has 3 nitrogen and oxygen atoms in total. The average Bonchev–Trinajstić information content (AvgIpc) is 3.67. The van der Waals surface area contributed by atoms with Crippen molar-refractivity contribution in [2.24, 2.45) is 0 Å². The summed E-state index contributed by atoms with van der Waals surface area (Å²) in [7, 11) is 0. The van der Waals surface area contributed by atoms with Crippen molar-refractivity contribution in [1.82, 2.24) is 0 Å². The summed E-state index contributed by atoms with van der Waals surface area (Å²) in [6.45, 7) is 0. The molecule has 2 aromatic heterocycles. The van der Waals surface area contributed by atoms with Crippen LogP contribution in [0, 0.1) is 0 Å². The van der Waals surface area contributed by atoms with Crippen molar-refractivity contribution in [1.29, 1.82) is 0 Å². The maximum Gasteiger partial charge on any atom is 0.135 e. The zero-order chi connectivity index (χ0) is 31.3. The molecule has 0 aliphatic carbocycles. The lowest BCUT2D eigenvalue weighted by molar-refractivity contribution is 0.669. The minimum absolute atomic E-state index is 0.879. The van der Waals surface area contributed by atoms with Gasteiger partial charge < -0.3 is 14.2 Å². The van der Waals surface area contributed by atoms with E-state index < -0.39 is 0 Å². The number of fused-ring (bicyclic) bond motifs is 6. The highest BCUT2D eigenvalue weighted by molar-refractivity contribution is 9.10. The molecule has 0 bridgehead atoms. The number of thiophene rings is 1. The molecule has 0 aliphatic heterocycles. The van der Waals surface area contributed by atoms with Crippen molar-refractivity contribution in [3.63, 3.8) is 0 Å². The molecule has 5 heteroatoms. The summed E-state index contributed by atoms with van der Waals surface area (Å²) >= 11 is 5.75. The van der Waals surface area contributed by atoms with E-state index in [1.807, 2.05) is 23.5 Å². The van der Waals surface area contributed by atoms with Gasteiger partial charge in [0.2, 0.25) is 0 Å². The number of nitrogens with zero attached hydrogens (tertiary/aromatic N) is 2. The van der Waals surface area contributed by atoms with Crippen molar-refractivity contribution >= 4 is 104 Å². The van der Waals surface area contributed by atoms with Crippen LogP contribution in [0.25, 0.3) is 42.1 Å². The fourth-order valence-electron chi connectivity index (χ4n) is 6.57. The highest BCUT2D eigenvalue weighted by Gasteiger charge is 2.20. The Morgan fingerprint density at radius 3 is 1.62 bits per heavy atom. The van der Waals surface area contributed by atoms with Crippen LogP contribution in [0.15, 0.2) is 173 Å². The molecule has 0 fully saturated rings. The number of anilines is 6. The maximum absolute atomic E-state index is 6.19. The van der Waals surface area contributed by atoms with E-state index in [9.17, 15) is 0 Å². The number of benzene rings is 7. The van der Waals surface area contributed by atoms with Gasteiger partial charge in [-0.2, -0.15) is 0 Å². The molecule has 0 atom stereocenters. The van der Waals surface area contributed by atoms with E-state index in [1.54, 1.807) is 0 Å². The minimum Gasteiger partial charge on any atom is -0.456 e. The molecule has 224 valence electrons. The van der Waals surface area contributed by atoms with Crippen LogP contribution in [0.1, 0.15) is 0 Å². The van der Waals surface area contributed by atoms with Gasteiger partial charge in [0.05, 0.1) is 0 Å². The number of para-hydroxylation sites is 3. The first-order valence-corrected chi connectivity index (χ1v) is 17.1. The third-order valence-corrected chi connectivity index (χ3v) is 10.3. The molecule has 47 heavy (non-hydrogen) atoms. The van der Waals surface area contributed by atoms with E-state index in [1.165, 1.54) is 20.2 Å². The third kappa shape index (κ3) is 4.96. The van der Waals surface area contributed by atoms with Gasteiger partial charge in [-0.3, -0.25) is 0 Å². The highest BCUT2D eigenvalue weighted by Crippen LogP contribution is 2.45. The van der Waals surface area contributed by atoms with E-state index >= 15 is 0 Å². The van der Waals surface area contributed by atoms with Crippen molar-refractivity contribution in [3.05, 3.63) is 168 Å². The first-order chi connectivity index (χ1) is 23.2. The van der Waals surface area contributed by atoms with Crippen LogP contribution in [-0.2, 0) is 0 Å². The van der Waals surface area contributed by atoms with Crippen molar-refractivity contribution < 1.29 is 4.42 Å². The van der Waals surface area contributed by atoms with Gasteiger partial charge in [-0.15, -0.1) is 11.3 Å². The van der Waals surface area contributed by atoms with Crippen LogP contribution in [-0.4, -0.2) is 0 Å². The SMILES string of the molecule is Brc1cc(N(c2ccccc2)c2ccc3oc4ccccc4c3c2)cc(N(c2ccccc2)c2ccc3sc4ccccc4c3c2)c1. The van der Waals surface area contributed by atoms with Gasteiger partial charge in [0.1, 0.15) is 11.2 Å². The van der Waals surface area contributed by atoms with Gasteiger partial charge in [-0.05, 0) is 91.0 Å². The summed E-state index contributed by atoms with van der Waals surface area (Å²) in [5.74, 6) is 0. The van der Waals surface area contributed by atoms with Gasteiger partial charge in [0, 0.05) is 69.5 Å². The van der Waals surface area contributed by atoms with Crippen LogP contribution in [0.5, 0.6) is 0 Å². The van der Waals surface area contributed by atoms with Crippen LogP contribution in [0.2, 0.25) is 0 Å². The molecule has 0 unspecified atom stereocenters. The molecular formula is C42H27BrN2OS. The fraction of sp³-hybridized carbons (Fsp3) is 0. The van der Waals surface area contributed by atoms with E-state index in [2.05, 4.69) is 177 Å². The van der Waals surface area contributed by atoms with Crippen LogP contribution in [0.4, 0.5) is 34.1 Å². The predicted molar refractivity (Wildman–Crippen MR) is 204 cm³/mol. The number of furan rings is 1. The van der Waals surface area contributed by atoms with Gasteiger partial charge in [0.25, 0.3) is 0 Å². The Bertz CT molecular complexity index is 2380. The molecule has 0 saturated heterocycles.